The summed E-state index contributed by atoms with van der Waals surface area (Å²) in [6, 6.07) is 8.79. The Kier molecular flexibility index (Phi) is 5.51. The van der Waals surface area contributed by atoms with Crippen LogP contribution in [0.3, 0.4) is 0 Å². The summed E-state index contributed by atoms with van der Waals surface area (Å²) in [5.41, 5.74) is 1.78. The molecule has 0 aliphatic carbocycles. The van der Waals surface area contributed by atoms with Gasteiger partial charge in [0.25, 0.3) is 5.56 Å². The first-order valence-corrected chi connectivity index (χ1v) is 9.83. The predicted octanol–water partition coefficient (Wildman–Crippen LogP) is 2.24. The second-order valence-electron chi connectivity index (χ2n) is 7.58. The highest BCUT2D eigenvalue weighted by atomic mass is 16.3. The number of hydrogen-bond acceptors (Lipinski definition) is 6. The van der Waals surface area contributed by atoms with E-state index in [1.807, 2.05) is 25.1 Å². The average Bonchev–Trinajstić information content (AvgIpc) is 3.23. The second-order valence-corrected chi connectivity index (χ2v) is 7.58. The SMILES string of the molecule is Cc1cc(O)c(C(c2cccnc2)N2CCN(C)CC2)c(=O)n1Cc1ccco1. The van der Waals surface area contributed by atoms with Crippen LogP contribution in [0.2, 0.25) is 0 Å². The van der Waals surface area contributed by atoms with Gasteiger partial charge in [-0.25, -0.2) is 0 Å². The highest BCUT2D eigenvalue weighted by Gasteiger charge is 2.31. The first-order chi connectivity index (χ1) is 14.0. The molecule has 7 nitrogen and oxygen atoms in total. The predicted molar refractivity (Wildman–Crippen MR) is 110 cm³/mol. The van der Waals surface area contributed by atoms with Gasteiger partial charge in [0.05, 0.1) is 24.4 Å². The van der Waals surface area contributed by atoms with Gasteiger partial charge in [-0.15, -0.1) is 0 Å². The molecule has 0 aromatic carbocycles. The molecule has 4 rings (SSSR count). The maximum atomic E-state index is 13.6. The maximum Gasteiger partial charge on any atom is 0.260 e. The van der Waals surface area contributed by atoms with Crippen LogP contribution in [0, 0.1) is 6.92 Å². The lowest BCUT2D eigenvalue weighted by Crippen LogP contribution is -2.47. The van der Waals surface area contributed by atoms with E-state index >= 15 is 0 Å². The highest BCUT2D eigenvalue weighted by Crippen LogP contribution is 2.32. The normalized spacial score (nSPS) is 16.8. The molecule has 29 heavy (non-hydrogen) atoms. The van der Waals surface area contributed by atoms with Crippen LogP contribution in [0.4, 0.5) is 0 Å². The van der Waals surface area contributed by atoms with Gasteiger partial charge >= 0.3 is 0 Å². The van der Waals surface area contributed by atoms with E-state index in [-0.39, 0.29) is 17.4 Å². The molecule has 0 saturated carbocycles. The number of aromatic hydroxyl groups is 1. The third-order valence-corrected chi connectivity index (χ3v) is 5.59. The van der Waals surface area contributed by atoms with Gasteiger partial charge in [-0.2, -0.15) is 0 Å². The van der Waals surface area contributed by atoms with Crippen molar-refractivity contribution in [2.75, 3.05) is 33.2 Å². The Morgan fingerprint density at radius 1 is 1.21 bits per heavy atom. The molecule has 4 heterocycles. The number of aromatic nitrogens is 2. The van der Waals surface area contributed by atoms with Crippen molar-refractivity contribution in [1.29, 1.82) is 0 Å². The van der Waals surface area contributed by atoms with E-state index in [9.17, 15) is 9.90 Å². The van der Waals surface area contributed by atoms with E-state index in [4.69, 9.17) is 4.42 Å². The summed E-state index contributed by atoms with van der Waals surface area (Å²) < 4.78 is 7.10. The van der Waals surface area contributed by atoms with Crippen LogP contribution in [0.1, 0.15) is 28.6 Å². The number of furan rings is 1. The average molecular weight is 394 g/mol. The fraction of sp³-hybridized carbons (Fsp3) is 0.364. The summed E-state index contributed by atoms with van der Waals surface area (Å²) >= 11 is 0. The first-order valence-electron chi connectivity index (χ1n) is 9.83. The molecular formula is C22H26N4O3. The van der Waals surface area contributed by atoms with Gasteiger partial charge in [-0.1, -0.05) is 6.07 Å². The Morgan fingerprint density at radius 3 is 2.66 bits per heavy atom. The van der Waals surface area contributed by atoms with Crippen LogP contribution in [0.15, 0.2) is 58.2 Å². The Bertz CT molecular complexity index is 1010. The molecule has 1 saturated heterocycles. The van der Waals surface area contributed by atoms with Crippen molar-refractivity contribution >= 4 is 0 Å². The van der Waals surface area contributed by atoms with E-state index in [2.05, 4.69) is 21.8 Å². The first kappa shape index (κ1) is 19.4. The van der Waals surface area contributed by atoms with E-state index in [0.29, 0.717) is 23.6 Å². The summed E-state index contributed by atoms with van der Waals surface area (Å²) in [6.07, 6.45) is 5.09. The molecule has 1 aliphatic rings. The van der Waals surface area contributed by atoms with Crippen molar-refractivity contribution in [2.45, 2.75) is 19.5 Å². The number of likely N-dealkylation sites (N-methyl/N-ethyl adjacent to an activating group) is 1. The topological polar surface area (TPSA) is 74.7 Å². The quantitative estimate of drug-likeness (QED) is 0.715. The van der Waals surface area contributed by atoms with Crippen LogP contribution >= 0.6 is 0 Å². The van der Waals surface area contributed by atoms with Gasteiger partial charge in [-0.3, -0.25) is 14.7 Å². The minimum absolute atomic E-state index is 0.0241. The molecular weight excluding hydrogens is 368 g/mol. The van der Waals surface area contributed by atoms with E-state index in [1.54, 1.807) is 35.4 Å². The van der Waals surface area contributed by atoms with E-state index < -0.39 is 0 Å². The van der Waals surface area contributed by atoms with Gasteiger partial charge in [-0.05, 0) is 43.8 Å². The van der Waals surface area contributed by atoms with Crippen LogP contribution in [0.5, 0.6) is 5.75 Å². The van der Waals surface area contributed by atoms with Gasteiger partial charge in [0, 0.05) is 44.3 Å². The van der Waals surface area contributed by atoms with Crippen molar-refractivity contribution in [1.82, 2.24) is 19.4 Å². The number of piperazine rings is 1. The lowest BCUT2D eigenvalue weighted by molar-refractivity contribution is 0.125. The zero-order chi connectivity index (χ0) is 20.4. The molecule has 0 amide bonds. The standard InChI is InChI=1S/C22H26N4O3/c1-16-13-19(27)20(22(28)26(16)15-18-6-4-12-29-18)21(17-5-3-7-23-14-17)25-10-8-24(2)9-11-25/h3-7,12-14,21,27H,8-11,15H2,1-2H3. The Morgan fingerprint density at radius 2 is 2.00 bits per heavy atom. The largest absolute Gasteiger partial charge is 0.507 e. The monoisotopic (exact) mass is 394 g/mol. The number of pyridine rings is 2. The van der Waals surface area contributed by atoms with Crippen molar-refractivity contribution < 1.29 is 9.52 Å². The molecule has 152 valence electrons. The van der Waals surface area contributed by atoms with Crippen LogP contribution < -0.4 is 5.56 Å². The smallest absolute Gasteiger partial charge is 0.260 e. The number of hydrogen-bond donors (Lipinski definition) is 1. The molecule has 7 heteroatoms. The zero-order valence-electron chi connectivity index (χ0n) is 16.8. The third kappa shape index (κ3) is 3.97. The van der Waals surface area contributed by atoms with Crippen molar-refractivity contribution in [3.63, 3.8) is 0 Å². The minimum Gasteiger partial charge on any atom is -0.507 e. The van der Waals surface area contributed by atoms with Crippen LogP contribution in [-0.2, 0) is 6.54 Å². The summed E-state index contributed by atoms with van der Waals surface area (Å²) in [5.74, 6) is 0.723. The lowest BCUT2D eigenvalue weighted by atomic mass is 9.97. The number of nitrogens with zero attached hydrogens (tertiary/aromatic N) is 4. The van der Waals surface area contributed by atoms with Gasteiger partial charge < -0.3 is 19.0 Å². The molecule has 1 atom stereocenters. The van der Waals surface area contributed by atoms with Gasteiger partial charge in [0.15, 0.2) is 0 Å². The van der Waals surface area contributed by atoms with Gasteiger partial charge in [0.1, 0.15) is 11.5 Å². The molecule has 0 radical (unpaired) electrons. The fourth-order valence-corrected chi connectivity index (χ4v) is 3.96. The summed E-state index contributed by atoms with van der Waals surface area (Å²) in [6.45, 7) is 5.58. The van der Waals surface area contributed by atoms with Crippen molar-refractivity contribution in [3.05, 3.63) is 81.9 Å². The Balaban J connectivity index is 1.82. The summed E-state index contributed by atoms with van der Waals surface area (Å²) in [5, 5.41) is 10.8. The second kappa shape index (κ2) is 8.23. The molecule has 1 unspecified atom stereocenters. The zero-order valence-corrected chi connectivity index (χ0v) is 16.8. The number of rotatable bonds is 5. The Labute approximate surface area is 169 Å². The highest BCUT2D eigenvalue weighted by molar-refractivity contribution is 5.40. The van der Waals surface area contributed by atoms with Gasteiger partial charge in [0.2, 0.25) is 0 Å². The third-order valence-electron chi connectivity index (χ3n) is 5.59. The van der Waals surface area contributed by atoms with E-state index in [1.165, 1.54) is 0 Å². The molecule has 0 bridgehead atoms. The summed E-state index contributed by atoms with van der Waals surface area (Å²) in [7, 11) is 2.09. The van der Waals surface area contributed by atoms with Crippen LogP contribution in [-0.4, -0.2) is 57.7 Å². The van der Waals surface area contributed by atoms with Crippen molar-refractivity contribution in [2.24, 2.45) is 0 Å². The lowest BCUT2D eigenvalue weighted by Gasteiger charge is -2.38. The fourth-order valence-electron chi connectivity index (χ4n) is 3.96. The molecule has 3 aromatic heterocycles. The Hall–Kier alpha value is -2.90. The molecule has 1 N–H and O–H groups in total. The maximum absolute atomic E-state index is 13.6. The number of aryl methyl sites for hydroxylation is 1. The van der Waals surface area contributed by atoms with Crippen LogP contribution in [0.25, 0.3) is 0 Å². The summed E-state index contributed by atoms with van der Waals surface area (Å²) in [4.78, 5) is 22.3. The van der Waals surface area contributed by atoms with Crippen molar-refractivity contribution in [3.8, 4) is 5.75 Å². The molecule has 0 spiro atoms. The molecule has 1 aliphatic heterocycles. The van der Waals surface area contributed by atoms with E-state index in [0.717, 1.165) is 31.7 Å². The minimum atomic E-state index is -0.353. The molecule has 1 fully saturated rings. The molecule has 3 aromatic rings.